The molecule has 0 unspecified atom stereocenters. The Kier molecular flexibility index (Phi) is 3.58. The van der Waals surface area contributed by atoms with Crippen molar-refractivity contribution in [3.8, 4) is 0 Å². The van der Waals surface area contributed by atoms with Crippen molar-refractivity contribution in [1.29, 1.82) is 0 Å². The predicted octanol–water partition coefficient (Wildman–Crippen LogP) is 2.12. The molecule has 0 aliphatic heterocycles. The van der Waals surface area contributed by atoms with Crippen LogP contribution in [0.4, 0.5) is 5.82 Å². The predicted molar refractivity (Wildman–Crippen MR) is 67.3 cm³/mol. The second kappa shape index (κ2) is 5.14. The van der Waals surface area contributed by atoms with Gasteiger partial charge in [0.2, 0.25) is 0 Å². The molecule has 0 spiro atoms. The molecule has 2 heterocycles. The van der Waals surface area contributed by atoms with Crippen molar-refractivity contribution in [1.82, 2.24) is 19.9 Å². The van der Waals surface area contributed by atoms with Gasteiger partial charge < -0.3 is 10.3 Å². The third kappa shape index (κ3) is 2.94. The van der Waals surface area contributed by atoms with Gasteiger partial charge in [0, 0.05) is 25.4 Å². The number of aromatic nitrogens is 4. The van der Waals surface area contributed by atoms with Crippen molar-refractivity contribution in [2.24, 2.45) is 0 Å². The number of anilines is 1. The Hall–Kier alpha value is -1.62. The van der Waals surface area contributed by atoms with Crippen LogP contribution in [0.25, 0.3) is 0 Å². The van der Waals surface area contributed by atoms with E-state index in [0.29, 0.717) is 17.5 Å². The molecule has 0 aliphatic carbocycles. The first kappa shape index (κ1) is 11.9. The van der Waals surface area contributed by atoms with Crippen molar-refractivity contribution >= 4 is 17.4 Å². The maximum Gasteiger partial charge on any atom is 0.171 e. The Morgan fingerprint density at radius 2 is 2.06 bits per heavy atom. The number of nitrogens with zero attached hydrogens (tertiary/aromatic N) is 3. The second-order valence-corrected chi connectivity index (χ2v) is 4.10. The number of aryl methyl sites for hydroxylation is 2. The molecule has 0 saturated carbocycles. The van der Waals surface area contributed by atoms with Crippen LogP contribution < -0.4 is 5.32 Å². The molecule has 0 radical (unpaired) electrons. The number of nitrogens with one attached hydrogen (secondary N) is 2. The fourth-order valence-corrected chi connectivity index (χ4v) is 1.66. The van der Waals surface area contributed by atoms with Crippen LogP contribution in [0.3, 0.4) is 0 Å². The number of H-pyrrole nitrogens is 1. The van der Waals surface area contributed by atoms with Gasteiger partial charge in [0.15, 0.2) is 11.0 Å². The first-order chi connectivity index (χ1) is 8.16. The standard InChI is InChI=1S/C11H14ClN5/c1-7-8(2)17-11(10(12)16-7)15-4-3-9-13-5-6-14-9/h5-6H,3-4H2,1-2H3,(H,13,14)(H,15,17). The van der Waals surface area contributed by atoms with Gasteiger partial charge in [0.05, 0.1) is 11.4 Å². The monoisotopic (exact) mass is 251 g/mol. The summed E-state index contributed by atoms with van der Waals surface area (Å²) >= 11 is 6.00. The van der Waals surface area contributed by atoms with Gasteiger partial charge in [-0.1, -0.05) is 11.6 Å². The fourth-order valence-electron chi connectivity index (χ4n) is 1.42. The highest BCUT2D eigenvalue weighted by Gasteiger charge is 2.06. The average molecular weight is 252 g/mol. The van der Waals surface area contributed by atoms with Crippen molar-refractivity contribution in [3.63, 3.8) is 0 Å². The lowest BCUT2D eigenvalue weighted by Gasteiger charge is -2.08. The normalized spacial score (nSPS) is 10.5. The molecule has 0 saturated heterocycles. The van der Waals surface area contributed by atoms with E-state index in [-0.39, 0.29) is 0 Å². The molecular formula is C11H14ClN5. The van der Waals surface area contributed by atoms with Crippen LogP contribution >= 0.6 is 11.6 Å². The minimum Gasteiger partial charge on any atom is -0.367 e. The van der Waals surface area contributed by atoms with E-state index in [1.54, 1.807) is 12.4 Å². The van der Waals surface area contributed by atoms with E-state index in [4.69, 9.17) is 11.6 Å². The van der Waals surface area contributed by atoms with E-state index in [1.165, 1.54) is 0 Å². The molecule has 0 bridgehead atoms. The molecule has 0 aromatic carbocycles. The summed E-state index contributed by atoms with van der Waals surface area (Å²) in [4.78, 5) is 15.7. The third-order valence-corrected chi connectivity index (χ3v) is 2.74. The summed E-state index contributed by atoms with van der Waals surface area (Å²) < 4.78 is 0. The van der Waals surface area contributed by atoms with Crippen LogP contribution in [0.2, 0.25) is 5.15 Å². The zero-order valence-electron chi connectivity index (χ0n) is 9.79. The number of rotatable bonds is 4. The van der Waals surface area contributed by atoms with Gasteiger partial charge in [-0.25, -0.2) is 15.0 Å². The fraction of sp³-hybridized carbons (Fsp3) is 0.364. The van der Waals surface area contributed by atoms with Gasteiger partial charge >= 0.3 is 0 Å². The smallest absolute Gasteiger partial charge is 0.171 e. The summed E-state index contributed by atoms with van der Waals surface area (Å²) in [6, 6.07) is 0. The van der Waals surface area contributed by atoms with Crippen molar-refractivity contribution < 1.29 is 0 Å². The maximum atomic E-state index is 6.00. The van der Waals surface area contributed by atoms with Gasteiger partial charge in [-0.05, 0) is 13.8 Å². The van der Waals surface area contributed by atoms with Crippen LogP contribution in [0.1, 0.15) is 17.2 Å². The largest absolute Gasteiger partial charge is 0.367 e. The van der Waals surface area contributed by atoms with E-state index in [0.717, 1.165) is 23.6 Å². The zero-order valence-corrected chi connectivity index (χ0v) is 10.5. The van der Waals surface area contributed by atoms with Crippen molar-refractivity contribution in [2.45, 2.75) is 20.3 Å². The molecule has 0 amide bonds. The minimum atomic E-state index is 0.410. The summed E-state index contributed by atoms with van der Waals surface area (Å²) in [6.45, 7) is 4.52. The van der Waals surface area contributed by atoms with Crippen LogP contribution in [-0.2, 0) is 6.42 Å². The van der Waals surface area contributed by atoms with Gasteiger partial charge in [-0.2, -0.15) is 0 Å². The van der Waals surface area contributed by atoms with E-state index in [9.17, 15) is 0 Å². The van der Waals surface area contributed by atoms with Crippen molar-refractivity contribution in [3.05, 3.63) is 34.8 Å². The SMILES string of the molecule is Cc1nc(Cl)c(NCCc2ncc[nH]2)nc1C. The van der Waals surface area contributed by atoms with E-state index in [2.05, 4.69) is 25.3 Å². The molecule has 17 heavy (non-hydrogen) atoms. The first-order valence-electron chi connectivity index (χ1n) is 5.39. The van der Waals surface area contributed by atoms with E-state index in [1.807, 2.05) is 13.8 Å². The van der Waals surface area contributed by atoms with Gasteiger partial charge in [0.1, 0.15) is 5.82 Å². The molecule has 5 nitrogen and oxygen atoms in total. The zero-order chi connectivity index (χ0) is 12.3. The Balaban J connectivity index is 1.97. The molecule has 0 aliphatic rings. The Morgan fingerprint density at radius 1 is 1.29 bits per heavy atom. The number of halogens is 1. The summed E-state index contributed by atoms with van der Waals surface area (Å²) in [5, 5.41) is 3.56. The first-order valence-corrected chi connectivity index (χ1v) is 5.77. The molecule has 2 rings (SSSR count). The molecular weight excluding hydrogens is 238 g/mol. The molecule has 2 aromatic heterocycles. The minimum absolute atomic E-state index is 0.410. The topological polar surface area (TPSA) is 66.5 Å². The van der Waals surface area contributed by atoms with Crippen LogP contribution in [0.15, 0.2) is 12.4 Å². The molecule has 2 N–H and O–H groups in total. The van der Waals surface area contributed by atoms with Crippen molar-refractivity contribution in [2.75, 3.05) is 11.9 Å². The van der Waals surface area contributed by atoms with Crippen LogP contribution in [0.5, 0.6) is 0 Å². The lowest BCUT2D eigenvalue weighted by atomic mass is 10.3. The number of hydrogen-bond donors (Lipinski definition) is 2. The number of imidazole rings is 1. The number of hydrogen-bond acceptors (Lipinski definition) is 4. The summed E-state index contributed by atoms with van der Waals surface area (Å²) in [7, 11) is 0. The molecule has 2 aromatic rings. The lowest BCUT2D eigenvalue weighted by molar-refractivity contribution is 0.914. The lowest BCUT2D eigenvalue weighted by Crippen LogP contribution is -2.09. The van der Waals surface area contributed by atoms with Crippen LogP contribution in [0, 0.1) is 13.8 Å². The van der Waals surface area contributed by atoms with Gasteiger partial charge in [-0.3, -0.25) is 0 Å². The van der Waals surface area contributed by atoms with E-state index >= 15 is 0 Å². The Bertz CT molecular complexity index is 495. The van der Waals surface area contributed by atoms with Crippen LogP contribution in [-0.4, -0.2) is 26.5 Å². The molecule has 6 heteroatoms. The maximum absolute atomic E-state index is 6.00. The highest BCUT2D eigenvalue weighted by Crippen LogP contribution is 2.18. The van der Waals surface area contributed by atoms with Gasteiger partial charge in [-0.15, -0.1) is 0 Å². The molecule has 0 atom stereocenters. The van der Waals surface area contributed by atoms with E-state index < -0.39 is 0 Å². The highest BCUT2D eigenvalue weighted by atomic mass is 35.5. The molecule has 0 fully saturated rings. The summed E-state index contributed by atoms with van der Waals surface area (Å²) in [6.07, 6.45) is 4.33. The summed E-state index contributed by atoms with van der Waals surface area (Å²) in [5.74, 6) is 1.56. The Morgan fingerprint density at radius 3 is 2.76 bits per heavy atom. The van der Waals surface area contributed by atoms with Gasteiger partial charge in [0.25, 0.3) is 0 Å². The third-order valence-electron chi connectivity index (χ3n) is 2.47. The summed E-state index contributed by atoms with van der Waals surface area (Å²) in [5.41, 5.74) is 1.74. The Labute approximate surface area is 105 Å². The quantitative estimate of drug-likeness (QED) is 0.874. The molecule has 90 valence electrons. The highest BCUT2D eigenvalue weighted by molar-refractivity contribution is 6.31. The second-order valence-electron chi connectivity index (χ2n) is 3.75. The average Bonchev–Trinajstić information content (AvgIpc) is 2.78. The number of aromatic amines is 1.